The van der Waals surface area contributed by atoms with Crippen LogP contribution in [-0.2, 0) is 20.5 Å². The Kier molecular flexibility index (Phi) is 6.88. The van der Waals surface area contributed by atoms with Crippen LogP contribution in [0.5, 0.6) is 0 Å². The van der Waals surface area contributed by atoms with Gasteiger partial charge in [0.2, 0.25) is 0 Å². The van der Waals surface area contributed by atoms with E-state index in [-0.39, 0.29) is 24.1 Å². The third-order valence-electron chi connectivity index (χ3n) is 4.20. The van der Waals surface area contributed by atoms with Gasteiger partial charge in [-0.05, 0) is 38.0 Å². The molecule has 1 unspecified atom stereocenters. The number of benzene rings is 1. The fraction of sp³-hybridized carbons (Fsp3) is 0.529. The first-order chi connectivity index (χ1) is 12.2. The van der Waals surface area contributed by atoms with Crippen molar-refractivity contribution in [2.24, 2.45) is 5.92 Å². The Morgan fingerprint density at radius 2 is 2.12 bits per heavy atom. The highest BCUT2D eigenvalue weighted by molar-refractivity contribution is 6.31. The topological polar surface area (TPSA) is 59.8 Å². The predicted molar refractivity (Wildman–Crippen MR) is 90.0 cm³/mol. The number of piperidine rings is 1. The van der Waals surface area contributed by atoms with Crippen molar-refractivity contribution in [2.75, 3.05) is 31.6 Å². The highest BCUT2D eigenvalue weighted by Gasteiger charge is 2.34. The Morgan fingerprint density at radius 3 is 2.77 bits per heavy atom. The number of hydrogen-bond acceptors (Lipinski definition) is 3. The number of quaternary nitrogens is 1. The normalized spacial score (nSPS) is 20.5. The van der Waals surface area contributed by atoms with Crippen molar-refractivity contribution < 1.29 is 32.4 Å². The Bertz CT molecular complexity index is 667. The molecule has 1 heterocycles. The lowest BCUT2D eigenvalue weighted by Gasteiger charge is -2.28. The Labute approximate surface area is 154 Å². The van der Waals surface area contributed by atoms with Crippen molar-refractivity contribution in [1.29, 1.82) is 0 Å². The molecule has 1 saturated heterocycles. The average Bonchev–Trinajstić information content (AvgIpc) is 2.56. The molecule has 1 fully saturated rings. The number of ether oxygens (including phenoxy) is 1. The zero-order chi connectivity index (χ0) is 19.3. The largest absolute Gasteiger partial charge is 0.466 e. The molecule has 0 aliphatic carbocycles. The van der Waals surface area contributed by atoms with E-state index in [9.17, 15) is 22.8 Å². The molecule has 0 radical (unpaired) electrons. The van der Waals surface area contributed by atoms with E-state index in [1.165, 1.54) is 6.07 Å². The molecule has 0 saturated carbocycles. The smallest absolute Gasteiger partial charge is 0.417 e. The number of alkyl halides is 3. The van der Waals surface area contributed by atoms with Crippen molar-refractivity contribution in [3.63, 3.8) is 0 Å². The Morgan fingerprint density at radius 1 is 1.38 bits per heavy atom. The van der Waals surface area contributed by atoms with Gasteiger partial charge in [-0.2, -0.15) is 13.2 Å². The van der Waals surface area contributed by atoms with Gasteiger partial charge in [0.25, 0.3) is 5.91 Å². The number of halogens is 4. The summed E-state index contributed by atoms with van der Waals surface area (Å²) >= 11 is 5.56. The van der Waals surface area contributed by atoms with Gasteiger partial charge in [0.05, 0.1) is 30.3 Å². The fourth-order valence-electron chi connectivity index (χ4n) is 3.03. The van der Waals surface area contributed by atoms with E-state index in [2.05, 4.69) is 5.32 Å². The molecular weight excluding hydrogens is 373 g/mol. The van der Waals surface area contributed by atoms with E-state index in [1.54, 1.807) is 6.92 Å². The molecule has 2 atom stereocenters. The Balaban J connectivity index is 1.95. The summed E-state index contributed by atoms with van der Waals surface area (Å²) in [6.07, 6.45) is -3.09. The lowest BCUT2D eigenvalue weighted by molar-refractivity contribution is -0.899. The van der Waals surface area contributed by atoms with Gasteiger partial charge < -0.3 is 15.0 Å². The number of rotatable bonds is 5. The van der Waals surface area contributed by atoms with Crippen LogP contribution in [0.2, 0.25) is 5.02 Å². The second-order valence-corrected chi connectivity index (χ2v) is 6.62. The van der Waals surface area contributed by atoms with E-state index in [1.807, 2.05) is 0 Å². The number of carbonyl (C=O) groups is 2. The minimum atomic E-state index is -4.59. The van der Waals surface area contributed by atoms with Crippen LogP contribution in [0.1, 0.15) is 25.3 Å². The number of amides is 1. The van der Waals surface area contributed by atoms with Gasteiger partial charge in [-0.1, -0.05) is 11.6 Å². The van der Waals surface area contributed by atoms with Crippen molar-refractivity contribution in [3.8, 4) is 0 Å². The maximum atomic E-state index is 12.9. The lowest BCUT2D eigenvalue weighted by Crippen LogP contribution is -3.14. The van der Waals surface area contributed by atoms with Crippen molar-refractivity contribution >= 4 is 29.2 Å². The summed E-state index contributed by atoms with van der Waals surface area (Å²) in [5.41, 5.74) is -0.963. The molecule has 26 heavy (non-hydrogen) atoms. The highest BCUT2D eigenvalue weighted by Crippen LogP contribution is 2.36. The molecule has 9 heteroatoms. The molecule has 0 bridgehead atoms. The number of hydrogen-bond donors (Lipinski definition) is 2. The van der Waals surface area contributed by atoms with E-state index < -0.39 is 22.7 Å². The zero-order valence-electron chi connectivity index (χ0n) is 14.3. The second kappa shape index (κ2) is 8.73. The molecular formula is C17H21ClF3N2O3+. The van der Waals surface area contributed by atoms with Crippen LogP contribution in [0.4, 0.5) is 18.9 Å². The number of carbonyl (C=O) groups excluding carboxylic acids is 2. The minimum absolute atomic E-state index is 0.0325. The van der Waals surface area contributed by atoms with E-state index >= 15 is 0 Å². The van der Waals surface area contributed by atoms with Crippen molar-refractivity contribution in [1.82, 2.24) is 0 Å². The summed E-state index contributed by atoms with van der Waals surface area (Å²) in [5.74, 6) is -0.934. The maximum Gasteiger partial charge on any atom is 0.417 e. The molecule has 2 rings (SSSR count). The van der Waals surface area contributed by atoms with Crippen LogP contribution in [0, 0.1) is 5.92 Å². The molecule has 1 aromatic carbocycles. The third kappa shape index (κ3) is 5.60. The van der Waals surface area contributed by atoms with Crippen LogP contribution >= 0.6 is 11.6 Å². The molecule has 0 spiro atoms. The maximum absolute atomic E-state index is 12.9. The molecule has 0 aromatic heterocycles. The van der Waals surface area contributed by atoms with Crippen molar-refractivity contribution in [2.45, 2.75) is 25.9 Å². The quantitative estimate of drug-likeness (QED) is 0.754. The first kappa shape index (κ1) is 20.5. The van der Waals surface area contributed by atoms with Crippen LogP contribution in [0.3, 0.4) is 0 Å². The van der Waals surface area contributed by atoms with Crippen LogP contribution in [0.25, 0.3) is 0 Å². The highest BCUT2D eigenvalue weighted by atomic mass is 35.5. The SMILES string of the molecule is CCOC(=O)[C@H]1CCC[NH+](CC(=O)Nc2ccc(Cl)c(C(F)(F)F)c2)C1. The van der Waals surface area contributed by atoms with Crippen LogP contribution in [0.15, 0.2) is 18.2 Å². The van der Waals surface area contributed by atoms with Gasteiger partial charge in [-0.3, -0.25) is 9.59 Å². The zero-order valence-corrected chi connectivity index (χ0v) is 15.0. The van der Waals surface area contributed by atoms with Gasteiger partial charge in [0.15, 0.2) is 6.54 Å². The van der Waals surface area contributed by atoms with E-state index in [0.29, 0.717) is 13.2 Å². The summed E-state index contributed by atoms with van der Waals surface area (Å²) in [7, 11) is 0. The summed E-state index contributed by atoms with van der Waals surface area (Å²) < 4.78 is 43.6. The van der Waals surface area contributed by atoms with Gasteiger partial charge in [0, 0.05) is 5.69 Å². The summed E-state index contributed by atoms with van der Waals surface area (Å²) in [5, 5.41) is 2.04. The molecule has 1 amide bonds. The molecule has 2 N–H and O–H groups in total. The summed E-state index contributed by atoms with van der Waals surface area (Å²) in [6.45, 7) is 3.31. The number of nitrogens with one attached hydrogen (secondary N) is 2. The number of anilines is 1. The molecule has 1 aliphatic rings. The first-order valence-electron chi connectivity index (χ1n) is 8.37. The summed E-state index contributed by atoms with van der Waals surface area (Å²) in [6, 6.07) is 3.24. The molecule has 1 aromatic rings. The van der Waals surface area contributed by atoms with Crippen molar-refractivity contribution in [3.05, 3.63) is 28.8 Å². The van der Waals surface area contributed by atoms with Gasteiger partial charge in [0.1, 0.15) is 5.92 Å². The second-order valence-electron chi connectivity index (χ2n) is 6.21. The standard InChI is InChI=1S/C17H20ClF3N2O3/c1-2-26-16(25)11-4-3-7-23(9-11)10-15(24)22-12-5-6-14(18)13(8-12)17(19,20)21/h5-6,8,11H,2-4,7,9-10H2,1H3,(H,22,24)/p+1/t11-/m0/s1. The lowest BCUT2D eigenvalue weighted by atomic mass is 9.98. The van der Waals surface area contributed by atoms with E-state index in [0.717, 1.165) is 36.4 Å². The minimum Gasteiger partial charge on any atom is -0.466 e. The molecule has 144 valence electrons. The summed E-state index contributed by atoms with van der Waals surface area (Å²) in [4.78, 5) is 24.9. The number of esters is 1. The van der Waals surface area contributed by atoms with Gasteiger partial charge in [-0.15, -0.1) is 0 Å². The average molecular weight is 394 g/mol. The van der Waals surface area contributed by atoms with Gasteiger partial charge >= 0.3 is 12.1 Å². The third-order valence-corrected chi connectivity index (χ3v) is 4.53. The number of likely N-dealkylation sites (tertiary alicyclic amines) is 1. The van der Waals surface area contributed by atoms with E-state index in [4.69, 9.17) is 16.3 Å². The van der Waals surface area contributed by atoms with Gasteiger partial charge in [-0.25, -0.2) is 0 Å². The monoisotopic (exact) mass is 393 g/mol. The predicted octanol–water partition coefficient (Wildman–Crippen LogP) is 2.16. The molecule has 5 nitrogen and oxygen atoms in total. The first-order valence-corrected chi connectivity index (χ1v) is 8.75. The Hall–Kier alpha value is -1.80. The molecule has 1 aliphatic heterocycles. The van der Waals surface area contributed by atoms with Crippen LogP contribution in [-0.4, -0.2) is 38.1 Å². The fourth-order valence-corrected chi connectivity index (χ4v) is 3.25. The van der Waals surface area contributed by atoms with Crippen LogP contribution < -0.4 is 10.2 Å².